The number of carbonyl (C=O) groups is 2. The highest BCUT2D eigenvalue weighted by Crippen LogP contribution is 2.35. The van der Waals surface area contributed by atoms with Crippen LogP contribution in [0.25, 0.3) is 0 Å². The van der Waals surface area contributed by atoms with E-state index in [1.807, 2.05) is 6.92 Å². The summed E-state index contributed by atoms with van der Waals surface area (Å²) in [5.41, 5.74) is 2.37. The van der Waals surface area contributed by atoms with E-state index in [0.29, 0.717) is 25.8 Å². The minimum absolute atomic E-state index is 0.0142. The van der Waals surface area contributed by atoms with Gasteiger partial charge >= 0.3 is 0 Å². The van der Waals surface area contributed by atoms with Gasteiger partial charge in [-0.1, -0.05) is 12.1 Å². The first-order valence-corrected chi connectivity index (χ1v) is 12.6. The monoisotopic (exact) mass is 473 g/mol. The van der Waals surface area contributed by atoms with Gasteiger partial charge in [0.2, 0.25) is 21.8 Å². The highest BCUT2D eigenvalue weighted by molar-refractivity contribution is 7.89. The number of nitrogens with one attached hydrogen (secondary N) is 1. The van der Waals surface area contributed by atoms with Crippen LogP contribution in [-0.4, -0.2) is 43.7 Å². The summed E-state index contributed by atoms with van der Waals surface area (Å²) in [5, 5.41) is 2.83. The van der Waals surface area contributed by atoms with Gasteiger partial charge < -0.3 is 10.2 Å². The van der Waals surface area contributed by atoms with Crippen LogP contribution in [0.4, 0.5) is 10.1 Å². The van der Waals surface area contributed by atoms with E-state index < -0.39 is 15.9 Å². The van der Waals surface area contributed by atoms with Crippen molar-refractivity contribution in [3.8, 4) is 0 Å². The number of sulfonamides is 1. The molecule has 2 unspecified atom stereocenters. The summed E-state index contributed by atoms with van der Waals surface area (Å²) in [4.78, 5) is 26.5. The minimum Gasteiger partial charge on any atom is -0.352 e. The van der Waals surface area contributed by atoms with Gasteiger partial charge in [-0.15, -0.1) is 0 Å². The Morgan fingerprint density at radius 2 is 1.88 bits per heavy atom. The molecule has 4 rings (SSSR count). The van der Waals surface area contributed by atoms with Gasteiger partial charge in [0, 0.05) is 38.3 Å². The van der Waals surface area contributed by atoms with Gasteiger partial charge in [0.15, 0.2) is 0 Å². The van der Waals surface area contributed by atoms with Crippen molar-refractivity contribution in [1.29, 1.82) is 0 Å². The van der Waals surface area contributed by atoms with Crippen LogP contribution < -0.4 is 10.2 Å². The molecule has 1 fully saturated rings. The molecule has 2 aromatic rings. The van der Waals surface area contributed by atoms with Gasteiger partial charge in [0.1, 0.15) is 5.82 Å². The molecule has 2 amide bonds. The Bertz CT molecular complexity index is 1170. The van der Waals surface area contributed by atoms with E-state index in [0.717, 1.165) is 16.8 Å². The second kappa shape index (κ2) is 9.23. The Hall–Kier alpha value is -2.78. The van der Waals surface area contributed by atoms with Crippen molar-refractivity contribution >= 4 is 27.5 Å². The summed E-state index contributed by atoms with van der Waals surface area (Å²) in [5.74, 6) is -1.06. The minimum atomic E-state index is -3.77. The molecule has 176 valence electrons. The number of hydrogen-bond acceptors (Lipinski definition) is 4. The van der Waals surface area contributed by atoms with E-state index in [1.54, 1.807) is 35.2 Å². The summed E-state index contributed by atoms with van der Waals surface area (Å²) in [6.07, 6.45) is 1.80. The summed E-state index contributed by atoms with van der Waals surface area (Å²) < 4.78 is 41.1. The molecule has 0 radical (unpaired) electrons. The van der Waals surface area contributed by atoms with Gasteiger partial charge in [-0.2, -0.15) is 4.31 Å². The molecule has 9 heteroatoms. The zero-order chi connectivity index (χ0) is 23.8. The number of carbonyl (C=O) groups excluding carboxylic acids is 2. The van der Waals surface area contributed by atoms with E-state index in [9.17, 15) is 22.4 Å². The standard InChI is InChI=1S/C24H28FN3O4S/c1-16-12-20-13-22(9-10-23(20)28(16)17(2)29)33(31,32)27-11-3-4-19(15-27)24(30)26-14-18-5-7-21(25)8-6-18/h5-10,13,16,19H,3-4,11-12,14-15H2,1-2H3,(H,26,30). The number of piperidine rings is 1. The van der Waals surface area contributed by atoms with Crippen molar-refractivity contribution in [3.05, 3.63) is 59.4 Å². The third kappa shape index (κ3) is 4.79. The van der Waals surface area contributed by atoms with Gasteiger partial charge in [-0.25, -0.2) is 12.8 Å². The molecular formula is C24H28FN3O4S. The van der Waals surface area contributed by atoms with Crippen molar-refractivity contribution in [1.82, 2.24) is 9.62 Å². The Kier molecular flexibility index (Phi) is 6.54. The lowest BCUT2D eigenvalue weighted by Crippen LogP contribution is -2.45. The highest BCUT2D eigenvalue weighted by atomic mass is 32.2. The molecule has 2 heterocycles. The van der Waals surface area contributed by atoms with Crippen LogP contribution >= 0.6 is 0 Å². The number of nitrogens with zero attached hydrogens (tertiary/aromatic N) is 2. The Balaban J connectivity index is 1.45. The zero-order valence-electron chi connectivity index (χ0n) is 18.8. The van der Waals surface area contributed by atoms with Crippen LogP contribution in [0, 0.1) is 11.7 Å². The Morgan fingerprint density at radius 1 is 1.15 bits per heavy atom. The van der Waals surface area contributed by atoms with Crippen molar-refractivity contribution in [2.45, 2.75) is 50.6 Å². The number of hydrogen-bond donors (Lipinski definition) is 1. The fourth-order valence-corrected chi connectivity index (χ4v) is 6.28. The van der Waals surface area contributed by atoms with Crippen LogP contribution in [0.1, 0.15) is 37.8 Å². The van der Waals surface area contributed by atoms with Crippen LogP contribution in [0.5, 0.6) is 0 Å². The lowest BCUT2D eigenvalue weighted by atomic mass is 9.99. The SMILES string of the molecule is CC(=O)N1c2ccc(S(=O)(=O)N3CCCC(C(=O)NCc4ccc(F)cc4)C3)cc2CC1C. The van der Waals surface area contributed by atoms with Gasteiger partial charge in [-0.05, 0) is 67.6 Å². The van der Waals surface area contributed by atoms with Crippen LogP contribution in [-0.2, 0) is 32.6 Å². The molecule has 0 aliphatic carbocycles. The average Bonchev–Trinajstić information content (AvgIpc) is 3.13. The van der Waals surface area contributed by atoms with Gasteiger partial charge in [0.05, 0.1) is 10.8 Å². The maximum atomic E-state index is 13.3. The maximum Gasteiger partial charge on any atom is 0.243 e. The summed E-state index contributed by atoms with van der Waals surface area (Å²) in [6.45, 7) is 4.18. The molecule has 33 heavy (non-hydrogen) atoms. The quantitative estimate of drug-likeness (QED) is 0.724. The number of halogens is 1. The topological polar surface area (TPSA) is 86.8 Å². The number of anilines is 1. The number of benzene rings is 2. The highest BCUT2D eigenvalue weighted by Gasteiger charge is 2.35. The third-order valence-electron chi connectivity index (χ3n) is 6.38. The molecule has 1 saturated heterocycles. The van der Waals surface area contributed by atoms with Gasteiger partial charge in [-0.3, -0.25) is 9.59 Å². The second-order valence-corrected chi connectivity index (χ2v) is 10.7. The average molecular weight is 474 g/mol. The molecule has 0 saturated carbocycles. The van der Waals surface area contributed by atoms with Crippen LogP contribution in [0.15, 0.2) is 47.4 Å². The van der Waals surface area contributed by atoms with E-state index in [1.165, 1.54) is 23.4 Å². The number of fused-ring (bicyclic) bond motifs is 1. The lowest BCUT2D eigenvalue weighted by molar-refractivity contribution is -0.126. The Morgan fingerprint density at radius 3 is 2.58 bits per heavy atom. The molecule has 2 aliphatic rings. The largest absolute Gasteiger partial charge is 0.352 e. The van der Waals surface area contributed by atoms with E-state index in [-0.39, 0.29) is 41.7 Å². The normalized spacial score (nSPS) is 21.0. The van der Waals surface area contributed by atoms with Crippen molar-refractivity contribution in [2.24, 2.45) is 5.92 Å². The predicted molar refractivity (Wildman–Crippen MR) is 122 cm³/mol. The molecular weight excluding hydrogens is 445 g/mol. The first-order chi connectivity index (χ1) is 15.7. The first-order valence-electron chi connectivity index (χ1n) is 11.1. The molecule has 7 nitrogen and oxygen atoms in total. The van der Waals surface area contributed by atoms with Crippen LogP contribution in [0.2, 0.25) is 0 Å². The van der Waals surface area contributed by atoms with Crippen molar-refractivity contribution in [3.63, 3.8) is 0 Å². The number of amides is 2. The molecule has 2 aliphatic heterocycles. The lowest BCUT2D eigenvalue weighted by Gasteiger charge is -2.31. The molecule has 1 N–H and O–H groups in total. The predicted octanol–water partition coefficient (Wildman–Crippen LogP) is 2.84. The third-order valence-corrected chi connectivity index (χ3v) is 8.24. The van der Waals surface area contributed by atoms with Crippen molar-refractivity contribution < 1.29 is 22.4 Å². The van der Waals surface area contributed by atoms with E-state index in [2.05, 4.69) is 5.32 Å². The van der Waals surface area contributed by atoms with Gasteiger partial charge in [0.25, 0.3) is 0 Å². The molecule has 0 bridgehead atoms. The fourth-order valence-electron chi connectivity index (χ4n) is 4.71. The molecule has 2 aromatic carbocycles. The second-order valence-electron chi connectivity index (χ2n) is 8.78. The molecule has 2 atom stereocenters. The van der Waals surface area contributed by atoms with E-state index in [4.69, 9.17) is 0 Å². The van der Waals surface area contributed by atoms with E-state index >= 15 is 0 Å². The maximum absolute atomic E-state index is 13.3. The fraction of sp³-hybridized carbons (Fsp3) is 0.417. The molecule has 0 spiro atoms. The first kappa shape index (κ1) is 23.4. The number of rotatable bonds is 5. The summed E-state index contributed by atoms with van der Waals surface area (Å²) >= 11 is 0. The Labute approximate surface area is 193 Å². The smallest absolute Gasteiger partial charge is 0.243 e. The zero-order valence-corrected chi connectivity index (χ0v) is 19.6. The summed E-state index contributed by atoms with van der Waals surface area (Å²) in [7, 11) is -3.77. The van der Waals surface area contributed by atoms with Crippen molar-refractivity contribution in [2.75, 3.05) is 18.0 Å². The van der Waals surface area contributed by atoms with Crippen LogP contribution in [0.3, 0.4) is 0 Å². The summed E-state index contributed by atoms with van der Waals surface area (Å²) in [6, 6.07) is 10.8. The molecule has 0 aromatic heterocycles.